The van der Waals surface area contributed by atoms with Gasteiger partial charge in [0.25, 0.3) is 0 Å². The van der Waals surface area contributed by atoms with Crippen LogP contribution in [-0.4, -0.2) is 24.7 Å². The standard InChI is InChI=1S/C19H16N6/c1-3-16(14-20-9-1)18-8-11-21-19(24-18)22-13-15-4-6-17(7-5-15)25-12-2-10-23-25/h1-12,14H,13H2,(H,21,22,24). The van der Waals surface area contributed by atoms with Gasteiger partial charge in [-0.2, -0.15) is 5.10 Å². The van der Waals surface area contributed by atoms with Gasteiger partial charge in [-0.1, -0.05) is 12.1 Å². The van der Waals surface area contributed by atoms with Gasteiger partial charge in [0, 0.05) is 43.1 Å². The van der Waals surface area contributed by atoms with Crippen LogP contribution in [0.2, 0.25) is 0 Å². The van der Waals surface area contributed by atoms with Gasteiger partial charge in [0.05, 0.1) is 11.4 Å². The lowest BCUT2D eigenvalue weighted by atomic mass is 10.2. The maximum Gasteiger partial charge on any atom is 0.223 e. The van der Waals surface area contributed by atoms with Crippen molar-refractivity contribution in [3.63, 3.8) is 0 Å². The van der Waals surface area contributed by atoms with Crippen molar-refractivity contribution in [2.24, 2.45) is 0 Å². The minimum atomic E-state index is 0.595. The smallest absolute Gasteiger partial charge is 0.223 e. The Balaban J connectivity index is 1.45. The first kappa shape index (κ1) is 15.0. The van der Waals surface area contributed by atoms with Gasteiger partial charge in [-0.3, -0.25) is 4.98 Å². The van der Waals surface area contributed by atoms with E-state index in [2.05, 4.69) is 37.5 Å². The fraction of sp³-hybridized carbons (Fsp3) is 0.0526. The van der Waals surface area contributed by atoms with Gasteiger partial charge in [0.2, 0.25) is 5.95 Å². The molecule has 0 fully saturated rings. The highest BCUT2D eigenvalue weighted by molar-refractivity contribution is 5.58. The van der Waals surface area contributed by atoms with Crippen molar-refractivity contribution >= 4 is 5.95 Å². The molecule has 4 aromatic rings. The Morgan fingerprint density at radius 2 is 1.84 bits per heavy atom. The third-order valence-corrected chi connectivity index (χ3v) is 3.77. The summed E-state index contributed by atoms with van der Waals surface area (Å²) in [5, 5.41) is 7.48. The average Bonchev–Trinajstić information content (AvgIpc) is 3.23. The van der Waals surface area contributed by atoms with E-state index in [4.69, 9.17) is 0 Å². The first-order chi connectivity index (χ1) is 12.4. The van der Waals surface area contributed by atoms with Crippen molar-refractivity contribution in [2.45, 2.75) is 6.54 Å². The number of benzene rings is 1. The van der Waals surface area contributed by atoms with E-state index in [1.165, 1.54) is 0 Å². The van der Waals surface area contributed by atoms with Gasteiger partial charge >= 0.3 is 0 Å². The SMILES string of the molecule is c1cncc(-c2ccnc(NCc3ccc(-n4cccn4)cc3)n2)c1. The number of hydrogen-bond donors (Lipinski definition) is 1. The fourth-order valence-corrected chi connectivity index (χ4v) is 2.49. The first-order valence-corrected chi connectivity index (χ1v) is 7.95. The summed E-state index contributed by atoms with van der Waals surface area (Å²) in [7, 11) is 0. The van der Waals surface area contributed by atoms with Gasteiger partial charge in [0.1, 0.15) is 0 Å². The quantitative estimate of drug-likeness (QED) is 0.608. The van der Waals surface area contributed by atoms with Gasteiger partial charge in [-0.25, -0.2) is 14.6 Å². The van der Waals surface area contributed by atoms with E-state index in [1.807, 2.05) is 47.3 Å². The Morgan fingerprint density at radius 3 is 2.60 bits per heavy atom. The second kappa shape index (κ2) is 6.92. The monoisotopic (exact) mass is 328 g/mol. The molecule has 1 N–H and O–H groups in total. The van der Waals surface area contributed by atoms with Crippen molar-refractivity contribution in [2.75, 3.05) is 5.32 Å². The molecule has 4 rings (SSSR count). The van der Waals surface area contributed by atoms with E-state index >= 15 is 0 Å². The Kier molecular flexibility index (Phi) is 4.16. The van der Waals surface area contributed by atoms with Crippen molar-refractivity contribution in [3.8, 4) is 16.9 Å². The van der Waals surface area contributed by atoms with Crippen LogP contribution in [0.25, 0.3) is 16.9 Å². The highest BCUT2D eigenvalue weighted by Crippen LogP contribution is 2.16. The van der Waals surface area contributed by atoms with Crippen LogP contribution in [0.1, 0.15) is 5.56 Å². The van der Waals surface area contributed by atoms with E-state index in [1.54, 1.807) is 24.8 Å². The lowest BCUT2D eigenvalue weighted by Gasteiger charge is -2.08. The maximum atomic E-state index is 4.54. The van der Waals surface area contributed by atoms with Gasteiger partial charge in [0.15, 0.2) is 0 Å². The average molecular weight is 328 g/mol. The van der Waals surface area contributed by atoms with Gasteiger partial charge < -0.3 is 5.32 Å². The molecule has 0 bridgehead atoms. The van der Waals surface area contributed by atoms with Crippen LogP contribution in [0.15, 0.2) is 79.5 Å². The Bertz CT molecular complexity index is 933. The molecule has 6 heteroatoms. The molecular weight excluding hydrogens is 312 g/mol. The molecule has 0 spiro atoms. The second-order valence-electron chi connectivity index (χ2n) is 5.48. The molecule has 0 atom stereocenters. The maximum absolute atomic E-state index is 4.54. The number of hydrogen-bond acceptors (Lipinski definition) is 5. The van der Waals surface area contributed by atoms with Crippen LogP contribution in [0.5, 0.6) is 0 Å². The molecule has 0 aliphatic rings. The van der Waals surface area contributed by atoms with E-state index in [0.717, 1.165) is 22.5 Å². The largest absolute Gasteiger partial charge is 0.350 e. The Hall–Kier alpha value is -3.54. The van der Waals surface area contributed by atoms with Gasteiger partial charge in [-0.05, 0) is 42.0 Å². The van der Waals surface area contributed by atoms with Crippen LogP contribution >= 0.6 is 0 Å². The molecule has 0 aliphatic carbocycles. The molecule has 1 aromatic carbocycles. The molecule has 0 saturated carbocycles. The molecule has 0 saturated heterocycles. The lowest BCUT2D eigenvalue weighted by molar-refractivity contribution is 0.879. The minimum absolute atomic E-state index is 0.595. The Labute approximate surface area is 145 Å². The van der Waals surface area contributed by atoms with Crippen molar-refractivity contribution in [1.29, 1.82) is 0 Å². The zero-order valence-electron chi connectivity index (χ0n) is 13.4. The van der Waals surface area contributed by atoms with E-state index in [9.17, 15) is 0 Å². The summed E-state index contributed by atoms with van der Waals surface area (Å²) < 4.78 is 1.83. The molecule has 6 nitrogen and oxygen atoms in total. The Morgan fingerprint density at radius 1 is 0.920 bits per heavy atom. The minimum Gasteiger partial charge on any atom is -0.350 e. The number of anilines is 1. The fourth-order valence-electron chi connectivity index (χ4n) is 2.49. The summed E-state index contributed by atoms with van der Waals surface area (Å²) in [4.78, 5) is 12.9. The summed E-state index contributed by atoms with van der Waals surface area (Å²) >= 11 is 0. The predicted octanol–water partition coefficient (Wildman–Crippen LogP) is 3.34. The molecule has 3 heterocycles. The number of rotatable bonds is 5. The molecule has 0 unspecified atom stereocenters. The summed E-state index contributed by atoms with van der Waals surface area (Å²) in [6.07, 6.45) is 8.97. The zero-order valence-corrected chi connectivity index (χ0v) is 13.4. The van der Waals surface area contributed by atoms with Gasteiger partial charge in [-0.15, -0.1) is 0 Å². The zero-order chi connectivity index (χ0) is 16.9. The van der Waals surface area contributed by atoms with Crippen molar-refractivity contribution in [1.82, 2.24) is 24.7 Å². The molecular formula is C19H16N6. The lowest BCUT2D eigenvalue weighted by Crippen LogP contribution is -2.04. The first-order valence-electron chi connectivity index (χ1n) is 7.95. The molecule has 0 aliphatic heterocycles. The molecule has 122 valence electrons. The predicted molar refractivity (Wildman–Crippen MR) is 96.2 cm³/mol. The summed E-state index contributed by atoms with van der Waals surface area (Å²) in [6, 6.07) is 15.9. The van der Waals surface area contributed by atoms with E-state index < -0.39 is 0 Å². The van der Waals surface area contributed by atoms with Crippen molar-refractivity contribution < 1.29 is 0 Å². The summed E-state index contributed by atoms with van der Waals surface area (Å²) in [6.45, 7) is 0.649. The van der Waals surface area contributed by atoms with Crippen LogP contribution in [0.3, 0.4) is 0 Å². The van der Waals surface area contributed by atoms with Crippen LogP contribution < -0.4 is 5.32 Å². The molecule has 0 radical (unpaired) electrons. The normalized spacial score (nSPS) is 10.6. The topological polar surface area (TPSA) is 68.5 Å². The molecule has 0 amide bonds. The molecule has 25 heavy (non-hydrogen) atoms. The summed E-state index contributed by atoms with van der Waals surface area (Å²) in [5.74, 6) is 0.595. The number of pyridine rings is 1. The van der Waals surface area contributed by atoms with Crippen LogP contribution in [0.4, 0.5) is 5.95 Å². The number of nitrogens with zero attached hydrogens (tertiary/aromatic N) is 5. The second-order valence-corrected chi connectivity index (χ2v) is 5.48. The van der Waals surface area contributed by atoms with E-state index in [-0.39, 0.29) is 0 Å². The highest BCUT2D eigenvalue weighted by Gasteiger charge is 2.03. The van der Waals surface area contributed by atoms with Crippen LogP contribution in [-0.2, 0) is 6.54 Å². The number of nitrogens with one attached hydrogen (secondary N) is 1. The van der Waals surface area contributed by atoms with Crippen LogP contribution in [0, 0.1) is 0 Å². The molecule has 3 aromatic heterocycles. The number of aromatic nitrogens is 5. The highest BCUT2D eigenvalue weighted by atomic mass is 15.3. The summed E-state index contributed by atoms with van der Waals surface area (Å²) in [5.41, 5.74) is 3.99. The third kappa shape index (κ3) is 3.53. The van der Waals surface area contributed by atoms with Crippen molar-refractivity contribution in [3.05, 3.63) is 85.1 Å². The van der Waals surface area contributed by atoms with E-state index in [0.29, 0.717) is 12.5 Å². The third-order valence-electron chi connectivity index (χ3n) is 3.77.